The van der Waals surface area contributed by atoms with E-state index in [4.69, 9.17) is 0 Å². The van der Waals surface area contributed by atoms with Gasteiger partial charge in [0.25, 0.3) is 0 Å². The number of hydrogen-bond donors (Lipinski definition) is 1. The molecule has 0 aliphatic heterocycles. The van der Waals surface area contributed by atoms with Gasteiger partial charge in [0.1, 0.15) is 0 Å². The maximum atomic E-state index is 10.0. The zero-order valence-corrected chi connectivity index (χ0v) is 11.5. The molecule has 0 aliphatic carbocycles. The van der Waals surface area contributed by atoms with Gasteiger partial charge >= 0.3 is 0 Å². The Balaban J connectivity index is 2.06. The normalized spacial score (nSPS) is 13.1. The van der Waals surface area contributed by atoms with Crippen LogP contribution in [0.1, 0.15) is 42.6 Å². The van der Waals surface area contributed by atoms with Crippen molar-refractivity contribution in [1.29, 1.82) is 0 Å². The molecule has 0 radical (unpaired) electrons. The molecule has 2 aromatic rings. The van der Waals surface area contributed by atoms with E-state index in [-0.39, 0.29) is 0 Å². The molecule has 1 atom stereocenters. The van der Waals surface area contributed by atoms with Gasteiger partial charge in [0.15, 0.2) is 0 Å². The average molecular weight is 252 g/mol. The van der Waals surface area contributed by atoms with Gasteiger partial charge in [-0.05, 0) is 22.6 Å². The molecule has 2 aromatic carbocycles. The highest BCUT2D eigenvalue weighted by Crippen LogP contribution is 2.18. The summed E-state index contributed by atoms with van der Waals surface area (Å²) >= 11 is 0. The van der Waals surface area contributed by atoms with Crippen molar-refractivity contribution in [3.63, 3.8) is 0 Å². The van der Waals surface area contributed by atoms with Crippen LogP contribution in [-0.2, 0) is 0 Å². The minimum atomic E-state index is -0.550. The van der Waals surface area contributed by atoms with Crippen LogP contribution in [0.4, 0.5) is 0 Å². The summed E-state index contributed by atoms with van der Waals surface area (Å²) in [7, 11) is 0. The van der Waals surface area contributed by atoms with Gasteiger partial charge in [0, 0.05) is 0 Å². The summed E-state index contributed by atoms with van der Waals surface area (Å²) in [6.45, 7) is 4.37. The Morgan fingerprint density at radius 2 is 1.47 bits per heavy atom. The average Bonchev–Trinajstić information content (AvgIpc) is 2.46. The van der Waals surface area contributed by atoms with Gasteiger partial charge < -0.3 is 5.11 Å². The zero-order chi connectivity index (χ0) is 13.7. The van der Waals surface area contributed by atoms with Crippen LogP contribution < -0.4 is 0 Å². The quantitative estimate of drug-likeness (QED) is 0.846. The second-order valence-corrected chi connectivity index (χ2v) is 5.04. The molecule has 0 amide bonds. The molecular formula is C18H20O. The van der Waals surface area contributed by atoms with Crippen molar-refractivity contribution < 1.29 is 5.11 Å². The molecule has 0 aromatic heterocycles. The van der Waals surface area contributed by atoms with Crippen molar-refractivity contribution in [3.05, 3.63) is 77.4 Å². The molecular weight excluding hydrogens is 232 g/mol. The molecule has 0 aliphatic rings. The number of hydrogen-bond acceptors (Lipinski definition) is 1. The Kier molecular flexibility index (Phi) is 4.53. The molecule has 1 N–H and O–H groups in total. The topological polar surface area (TPSA) is 20.2 Å². The van der Waals surface area contributed by atoms with Crippen molar-refractivity contribution in [1.82, 2.24) is 0 Å². The van der Waals surface area contributed by atoms with E-state index in [1.807, 2.05) is 42.5 Å². The van der Waals surface area contributed by atoms with E-state index in [9.17, 15) is 5.11 Å². The molecule has 0 spiro atoms. The highest BCUT2D eigenvalue weighted by atomic mass is 16.3. The summed E-state index contributed by atoms with van der Waals surface area (Å²) in [5.74, 6) is 0.549. The summed E-state index contributed by atoms with van der Waals surface area (Å²) in [6, 6.07) is 18.1. The standard InChI is InChI=1S/C18H20O/c1-14(2)16-11-8-15(9-12-16)10-13-18(19)17-6-4-3-5-7-17/h3-14,18-19H,1-2H3/b13-10+. The number of rotatable bonds is 4. The van der Waals surface area contributed by atoms with Gasteiger partial charge in [-0.1, -0.05) is 80.6 Å². The van der Waals surface area contributed by atoms with Crippen molar-refractivity contribution in [3.8, 4) is 0 Å². The number of aliphatic hydroxyl groups excluding tert-OH is 1. The largest absolute Gasteiger partial charge is 0.384 e. The van der Waals surface area contributed by atoms with Crippen LogP contribution in [0, 0.1) is 0 Å². The Bertz CT molecular complexity index is 523. The highest BCUT2D eigenvalue weighted by molar-refractivity contribution is 5.51. The molecule has 1 unspecified atom stereocenters. The van der Waals surface area contributed by atoms with Crippen LogP contribution in [0.2, 0.25) is 0 Å². The van der Waals surface area contributed by atoms with E-state index >= 15 is 0 Å². The maximum absolute atomic E-state index is 10.0. The molecule has 1 nitrogen and oxygen atoms in total. The number of aliphatic hydroxyl groups is 1. The maximum Gasteiger partial charge on any atom is 0.0975 e. The Morgan fingerprint density at radius 1 is 0.842 bits per heavy atom. The first-order valence-corrected chi connectivity index (χ1v) is 6.68. The van der Waals surface area contributed by atoms with Gasteiger partial charge in [-0.2, -0.15) is 0 Å². The Hall–Kier alpha value is -1.86. The van der Waals surface area contributed by atoms with Crippen molar-refractivity contribution in [2.75, 3.05) is 0 Å². The molecule has 1 heteroatoms. The minimum absolute atomic E-state index is 0.549. The SMILES string of the molecule is CC(C)c1ccc(/C=C/C(O)c2ccccc2)cc1. The smallest absolute Gasteiger partial charge is 0.0975 e. The fourth-order valence-corrected chi connectivity index (χ4v) is 1.96. The minimum Gasteiger partial charge on any atom is -0.384 e. The van der Waals surface area contributed by atoms with E-state index < -0.39 is 6.10 Å². The monoisotopic (exact) mass is 252 g/mol. The van der Waals surface area contributed by atoms with Crippen LogP contribution in [0.15, 0.2) is 60.7 Å². The van der Waals surface area contributed by atoms with Gasteiger partial charge in [-0.3, -0.25) is 0 Å². The van der Waals surface area contributed by atoms with E-state index in [0.717, 1.165) is 11.1 Å². The lowest BCUT2D eigenvalue weighted by atomic mass is 10.0. The van der Waals surface area contributed by atoms with Crippen molar-refractivity contribution in [2.24, 2.45) is 0 Å². The molecule has 19 heavy (non-hydrogen) atoms. The predicted molar refractivity (Wildman–Crippen MR) is 81.0 cm³/mol. The Morgan fingerprint density at radius 3 is 2.05 bits per heavy atom. The highest BCUT2D eigenvalue weighted by Gasteiger charge is 2.01. The first kappa shape index (κ1) is 13.6. The van der Waals surface area contributed by atoms with E-state index in [1.165, 1.54) is 5.56 Å². The van der Waals surface area contributed by atoms with Gasteiger partial charge in [0.05, 0.1) is 6.10 Å². The zero-order valence-electron chi connectivity index (χ0n) is 11.5. The fourth-order valence-electron chi connectivity index (χ4n) is 1.96. The van der Waals surface area contributed by atoms with Crippen molar-refractivity contribution >= 4 is 6.08 Å². The predicted octanol–water partition coefficient (Wildman–Crippen LogP) is 4.56. The van der Waals surface area contributed by atoms with Crippen molar-refractivity contribution in [2.45, 2.75) is 25.9 Å². The van der Waals surface area contributed by atoms with E-state index in [1.54, 1.807) is 0 Å². The second-order valence-electron chi connectivity index (χ2n) is 5.04. The first-order chi connectivity index (χ1) is 9.16. The van der Waals surface area contributed by atoms with Crippen LogP contribution >= 0.6 is 0 Å². The molecule has 0 bridgehead atoms. The van der Waals surface area contributed by atoms with Gasteiger partial charge in [0.2, 0.25) is 0 Å². The second kappa shape index (κ2) is 6.35. The van der Waals surface area contributed by atoms with Crippen LogP contribution in [0.5, 0.6) is 0 Å². The van der Waals surface area contributed by atoms with Crippen LogP contribution in [-0.4, -0.2) is 5.11 Å². The molecule has 0 heterocycles. The fraction of sp³-hybridized carbons (Fsp3) is 0.222. The number of benzene rings is 2. The Labute approximate surface area is 115 Å². The summed E-state index contributed by atoms with van der Waals surface area (Å²) in [4.78, 5) is 0. The summed E-state index contributed by atoms with van der Waals surface area (Å²) in [5, 5.41) is 10.0. The molecule has 0 saturated carbocycles. The lowest BCUT2D eigenvalue weighted by Crippen LogP contribution is -1.91. The first-order valence-electron chi connectivity index (χ1n) is 6.68. The summed E-state index contributed by atoms with van der Waals surface area (Å²) in [5.41, 5.74) is 3.36. The van der Waals surface area contributed by atoms with Gasteiger partial charge in [-0.25, -0.2) is 0 Å². The lowest BCUT2D eigenvalue weighted by molar-refractivity contribution is 0.229. The summed E-state index contributed by atoms with van der Waals surface area (Å²) in [6.07, 6.45) is 3.23. The molecule has 0 saturated heterocycles. The summed E-state index contributed by atoms with van der Waals surface area (Å²) < 4.78 is 0. The van der Waals surface area contributed by atoms with Crippen LogP contribution in [0.3, 0.4) is 0 Å². The lowest BCUT2D eigenvalue weighted by Gasteiger charge is -2.06. The third-order valence-electron chi connectivity index (χ3n) is 3.22. The third kappa shape index (κ3) is 3.80. The third-order valence-corrected chi connectivity index (χ3v) is 3.22. The van der Waals surface area contributed by atoms with E-state index in [0.29, 0.717) is 5.92 Å². The van der Waals surface area contributed by atoms with Crippen LogP contribution in [0.25, 0.3) is 6.08 Å². The van der Waals surface area contributed by atoms with E-state index in [2.05, 4.69) is 38.1 Å². The van der Waals surface area contributed by atoms with Gasteiger partial charge in [-0.15, -0.1) is 0 Å². The molecule has 98 valence electrons. The molecule has 0 fully saturated rings. The molecule has 2 rings (SSSR count).